The largest absolute Gasteiger partial charge is 0.459 e. The number of ether oxygens (including phenoxy) is 1. The minimum Gasteiger partial charge on any atom is -0.459 e. The number of allylic oxidation sites excluding steroid dienone is 2. The molecule has 88 valence electrons. The van der Waals surface area contributed by atoms with Crippen LogP contribution in [0.2, 0.25) is 0 Å². The molecule has 0 bridgehead atoms. The molecule has 1 heterocycles. The highest BCUT2D eigenvalue weighted by atomic mass is 16.5. The third-order valence-electron chi connectivity index (χ3n) is 3.94. The number of carbonyl (C=O) groups excluding carboxylic acids is 1. The van der Waals surface area contributed by atoms with E-state index in [0.717, 1.165) is 30.4 Å². The summed E-state index contributed by atoms with van der Waals surface area (Å²) in [6.07, 6.45) is 3.14. The van der Waals surface area contributed by atoms with E-state index in [9.17, 15) is 4.79 Å². The summed E-state index contributed by atoms with van der Waals surface area (Å²) in [5, 5.41) is 0. The Bertz CT molecular complexity index is 361. The van der Waals surface area contributed by atoms with Gasteiger partial charge in [-0.15, -0.1) is 0 Å². The van der Waals surface area contributed by atoms with Crippen LogP contribution in [0.15, 0.2) is 23.3 Å². The third-order valence-corrected chi connectivity index (χ3v) is 3.94. The van der Waals surface area contributed by atoms with Crippen molar-refractivity contribution in [1.29, 1.82) is 0 Å². The van der Waals surface area contributed by atoms with Crippen LogP contribution < -0.4 is 0 Å². The van der Waals surface area contributed by atoms with Crippen molar-refractivity contribution in [3.63, 3.8) is 0 Å². The Morgan fingerprint density at radius 3 is 2.56 bits per heavy atom. The number of hydrogen-bond acceptors (Lipinski definition) is 2. The third kappa shape index (κ3) is 1.81. The van der Waals surface area contributed by atoms with E-state index < -0.39 is 0 Å². The number of esters is 1. The fourth-order valence-electron chi connectivity index (χ4n) is 3.00. The maximum absolute atomic E-state index is 11.8. The summed E-state index contributed by atoms with van der Waals surface area (Å²) >= 11 is 0. The van der Waals surface area contributed by atoms with E-state index in [0.29, 0.717) is 11.8 Å². The highest BCUT2D eigenvalue weighted by Gasteiger charge is 2.43. The van der Waals surface area contributed by atoms with Gasteiger partial charge in [-0.25, -0.2) is 4.79 Å². The zero-order valence-corrected chi connectivity index (χ0v) is 10.4. The molecule has 2 aliphatic rings. The average Bonchev–Trinajstić information content (AvgIpc) is 2.58. The number of rotatable bonds is 1. The van der Waals surface area contributed by atoms with Gasteiger partial charge in [0.05, 0.1) is 0 Å². The van der Waals surface area contributed by atoms with Crippen molar-refractivity contribution in [1.82, 2.24) is 0 Å². The molecule has 1 saturated carbocycles. The van der Waals surface area contributed by atoms with Crippen molar-refractivity contribution >= 4 is 5.97 Å². The Morgan fingerprint density at radius 1 is 1.31 bits per heavy atom. The summed E-state index contributed by atoms with van der Waals surface area (Å²) < 4.78 is 5.53. The second-order valence-corrected chi connectivity index (χ2v) is 5.32. The van der Waals surface area contributed by atoms with Crippen LogP contribution in [0.25, 0.3) is 0 Å². The molecule has 2 fully saturated rings. The van der Waals surface area contributed by atoms with E-state index >= 15 is 0 Å². The van der Waals surface area contributed by atoms with Gasteiger partial charge in [-0.2, -0.15) is 0 Å². The first-order valence-corrected chi connectivity index (χ1v) is 6.03. The van der Waals surface area contributed by atoms with Crippen LogP contribution in [-0.4, -0.2) is 12.1 Å². The summed E-state index contributed by atoms with van der Waals surface area (Å²) in [4.78, 5) is 11.8. The molecule has 1 aliphatic heterocycles. The summed E-state index contributed by atoms with van der Waals surface area (Å²) in [5.41, 5.74) is 3.21. The molecule has 3 atom stereocenters. The Hall–Kier alpha value is -1.05. The molecule has 1 aliphatic carbocycles. The molecule has 2 heteroatoms. The normalized spacial score (nSPS) is 33.3. The van der Waals surface area contributed by atoms with Gasteiger partial charge in [-0.1, -0.05) is 17.7 Å². The van der Waals surface area contributed by atoms with Gasteiger partial charge in [-0.05, 0) is 46.0 Å². The molecular weight excluding hydrogens is 200 g/mol. The predicted molar refractivity (Wildman–Crippen MR) is 63.9 cm³/mol. The molecule has 0 aromatic heterocycles. The van der Waals surface area contributed by atoms with E-state index in [1.54, 1.807) is 0 Å². The van der Waals surface area contributed by atoms with E-state index in [-0.39, 0.29) is 12.1 Å². The number of hydrogen-bond donors (Lipinski definition) is 0. The number of carbonyl (C=O) groups is 1. The second kappa shape index (κ2) is 4.08. The van der Waals surface area contributed by atoms with Crippen molar-refractivity contribution in [3.05, 3.63) is 23.3 Å². The van der Waals surface area contributed by atoms with Gasteiger partial charge in [0.15, 0.2) is 0 Å². The summed E-state index contributed by atoms with van der Waals surface area (Å²) in [7, 11) is 0. The van der Waals surface area contributed by atoms with Crippen LogP contribution in [0.4, 0.5) is 0 Å². The molecule has 0 aromatic rings. The van der Waals surface area contributed by atoms with Gasteiger partial charge in [0, 0.05) is 11.5 Å². The maximum atomic E-state index is 11.8. The van der Waals surface area contributed by atoms with Crippen molar-refractivity contribution < 1.29 is 9.53 Å². The molecule has 0 amide bonds. The highest BCUT2D eigenvalue weighted by molar-refractivity contribution is 5.90. The van der Waals surface area contributed by atoms with Crippen molar-refractivity contribution in [2.75, 3.05) is 0 Å². The van der Waals surface area contributed by atoms with Crippen LogP contribution in [-0.2, 0) is 9.53 Å². The Labute approximate surface area is 97.4 Å². The van der Waals surface area contributed by atoms with Crippen LogP contribution in [0, 0.1) is 11.8 Å². The van der Waals surface area contributed by atoms with Gasteiger partial charge >= 0.3 is 5.97 Å². The smallest absolute Gasteiger partial charge is 0.334 e. The van der Waals surface area contributed by atoms with Gasteiger partial charge in [-0.3, -0.25) is 0 Å². The zero-order valence-electron chi connectivity index (χ0n) is 10.4. The summed E-state index contributed by atoms with van der Waals surface area (Å²) in [6, 6.07) is 0. The van der Waals surface area contributed by atoms with E-state index in [2.05, 4.69) is 13.5 Å². The van der Waals surface area contributed by atoms with Crippen molar-refractivity contribution in [2.24, 2.45) is 11.8 Å². The van der Waals surface area contributed by atoms with Crippen LogP contribution in [0.3, 0.4) is 0 Å². The lowest BCUT2D eigenvalue weighted by molar-refractivity contribution is -0.150. The lowest BCUT2D eigenvalue weighted by atomic mass is 9.82. The molecule has 0 unspecified atom stereocenters. The number of fused-ring (bicyclic) bond motifs is 1. The molecule has 2 nitrogen and oxygen atoms in total. The summed E-state index contributed by atoms with van der Waals surface area (Å²) in [6.45, 7) is 10.1. The molecule has 0 spiro atoms. The molecule has 0 aromatic carbocycles. The predicted octanol–water partition coefficient (Wildman–Crippen LogP) is 3.24. The van der Waals surface area contributed by atoms with Gasteiger partial charge in [0.2, 0.25) is 0 Å². The minimum atomic E-state index is -0.0939. The molecule has 1 saturated heterocycles. The zero-order chi connectivity index (χ0) is 11.9. The van der Waals surface area contributed by atoms with E-state index in [4.69, 9.17) is 4.74 Å². The molecular formula is C14H20O2. The highest BCUT2D eigenvalue weighted by Crippen LogP contribution is 2.44. The fourth-order valence-corrected chi connectivity index (χ4v) is 3.00. The monoisotopic (exact) mass is 220 g/mol. The van der Waals surface area contributed by atoms with Crippen LogP contribution in [0.5, 0.6) is 0 Å². The first-order valence-electron chi connectivity index (χ1n) is 6.03. The average molecular weight is 220 g/mol. The minimum absolute atomic E-state index is 0.0939. The molecule has 0 radical (unpaired) electrons. The lowest BCUT2D eigenvalue weighted by Gasteiger charge is -2.31. The summed E-state index contributed by atoms with van der Waals surface area (Å²) in [5.74, 6) is 0.913. The van der Waals surface area contributed by atoms with Crippen molar-refractivity contribution in [3.8, 4) is 0 Å². The van der Waals surface area contributed by atoms with Crippen LogP contribution in [0.1, 0.15) is 40.0 Å². The van der Waals surface area contributed by atoms with Crippen LogP contribution >= 0.6 is 0 Å². The van der Waals surface area contributed by atoms with Gasteiger partial charge in [0.25, 0.3) is 0 Å². The van der Waals surface area contributed by atoms with E-state index in [1.165, 1.54) is 5.57 Å². The molecule has 2 rings (SSSR count). The maximum Gasteiger partial charge on any atom is 0.334 e. The first kappa shape index (κ1) is 11.4. The lowest BCUT2D eigenvalue weighted by Crippen LogP contribution is -2.33. The van der Waals surface area contributed by atoms with Gasteiger partial charge in [0.1, 0.15) is 6.10 Å². The van der Waals surface area contributed by atoms with Crippen molar-refractivity contribution in [2.45, 2.75) is 46.1 Å². The first-order chi connectivity index (χ1) is 7.50. The Morgan fingerprint density at radius 2 is 2.00 bits per heavy atom. The quantitative estimate of drug-likeness (QED) is 0.385. The molecule has 0 N–H and O–H groups in total. The SMILES string of the molecule is C=C(C)[C@@H]1CC[C@H]2OC(=O)C(=C(C)C)C[C@H]21. The Balaban J connectivity index is 2.23. The Kier molecular flexibility index (Phi) is 2.92. The topological polar surface area (TPSA) is 26.3 Å². The fraction of sp³-hybridized carbons (Fsp3) is 0.643. The second-order valence-electron chi connectivity index (χ2n) is 5.32. The van der Waals surface area contributed by atoms with Gasteiger partial charge < -0.3 is 4.74 Å². The van der Waals surface area contributed by atoms with E-state index in [1.807, 2.05) is 13.8 Å². The standard InChI is InChI=1S/C14H20O2/c1-8(2)10-5-6-13-12(10)7-11(9(3)4)14(15)16-13/h10,12-13H,1,5-7H2,2-4H3/t10-,12-,13+/m0/s1. The molecule has 16 heavy (non-hydrogen) atoms.